The average molecular weight is 136 g/mol. The molecule has 0 atom stereocenters. The molecule has 0 saturated carbocycles. The van der Waals surface area contributed by atoms with E-state index >= 15 is 0 Å². The number of hydrogen-bond donors (Lipinski definition) is 0. The van der Waals surface area contributed by atoms with Crippen molar-refractivity contribution in [3.05, 3.63) is 11.8 Å². The summed E-state index contributed by atoms with van der Waals surface area (Å²) >= 11 is 0. The number of esters is 1. The summed E-state index contributed by atoms with van der Waals surface area (Å²) in [6.45, 7) is 0.368. The van der Waals surface area contributed by atoms with E-state index in [1.165, 1.54) is 0 Å². The molecule has 1 rings (SSSR count). The first-order chi connectivity index (χ1) is 3.84. The molecule has 0 bridgehead atoms. The van der Waals surface area contributed by atoms with Crippen LogP contribution in [0.1, 0.15) is 6.42 Å². The molecule has 0 N–H and O–H groups in total. The topological polar surface area (TPSA) is 49.4 Å². The van der Waals surface area contributed by atoms with E-state index in [9.17, 15) is 9.90 Å². The summed E-state index contributed by atoms with van der Waals surface area (Å²) in [5.41, 5.74) is 0.255. The summed E-state index contributed by atoms with van der Waals surface area (Å²) in [4.78, 5) is 10.3. The molecule has 0 aromatic heterocycles. The molecule has 0 unspecified atom stereocenters. The van der Waals surface area contributed by atoms with E-state index in [2.05, 4.69) is 4.74 Å². The van der Waals surface area contributed by atoms with Gasteiger partial charge in [0.2, 0.25) is 0 Å². The molecule has 1 aliphatic heterocycles. The van der Waals surface area contributed by atoms with Crippen LogP contribution in [-0.4, -0.2) is 12.6 Å². The third kappa shape index (κ3) is 2.01. The monoisotopic (exact) mass is 136 g/mol. The Morgan fingerprint density at radius 1 is 1.67 bits per heavy atom. The molecular weight excluding hydrogens is 131 g/mol. The third-order valence-electron chi connectivity index (χ3n) is 1.01. The van der Waals surface area contributed by atoms with Gasteiger partial charge in [-0.2, -0.15) is 0 Å². The molecule has 1 saturated heterocycles. The largest absolute Gasteiger partial charge is 1.00 e. The standard InChI is InChI=1S/C5H6O3.Na/c6-3-4-1-2-8-5(4)7;/h3,6H,1-2H2;/q;+1/p-1/b4-3+;. The van der Waals surface area contributed by atoms with Crippen molar-refractivity contribution < 1.29 is 44.2 Å². The van der Waals surface area contributed by atoms with Gasteiger partial charge >= 0.3 is 35.5 Å². The normalized spacial score (nSPS) is 21.3. The van der Waals surface area contributed by atoms with E-state index in [0.29, 0.717) is 19.3 Å². The molecule has 1 fully saturated rings. The molecule has 3 nitrogen and oxygen atoms in total. The van der Waals surface area contributed by atoms with Crippen LogP contribution in [0.25, 0.3) is 0 Å². The van der Waals surface area contributed by atoms with Crippen LogP contribution in [0.15, 0.2) is 11.8 Å². The zero-order chi connectivity index (χ0) is 5.98. The summed E-state index contributed by atoms with van der Waals surface area (Å²) < 4.78 is 4.45. The van der Waals surface area contributed by atoms with Crippen molar-refractivity contribution in [2.45, 2.75) is 6.42 Å². The van der Waals surface area contributed by atoms with Gasteiger partial charge < -0.3 is 9.84 Å². The van der Waals surface area contributed by atoms with Crippen molar-refractivity contribution in [2.24, 2.45) is 0 Å². The molecule has 0 radical (unpaired) electrons. The fraction of sp³-hybridized carbons (Fsp3) is 0.400. The van der Waals surface area contributed by atoms with Gasteiger partial charge in [0.25, 0.3) is 0 Å². The molecule has 0 aliphatic carbocycles. The first-order valence-electron chi connectivity index (χ1n) is 2.32. The van der Waals surface area contributed by atoms with E-state index in [4.69, 9.17) is 0 Å². The van der Waals surface area contributed by atoms with Gasteiger partial charge in [0.1, 0.15) is 0 Å². The Hall–Kier alpha value is 0.0100. The van der Waals surface area contributed by atoms with Crippen molar-refractivity contribution in [2.75, 3.05) is 6.61 Å². The van der Waals surface area contributed by atoms with E-state index in [-0.39, 0.29) is 35.1 Å². The number of ether oxygens (including phenoxy) is 1. The number of hydrogen-bond acceptors (Lipinski definition) is 3. The van der Waals surface area contributed by atoms with E-state index in [1.807, 2.05) is 0 Å². The maximum absolute atomic E-state index is 10.3. The van der Waals surface area contributed by atoms with E-state index < -0.39 is 5.97 Å². The van der Waals surface area contributed by atoms with Crippen LogP contribution in [0.2, 0.25) is 0 Å². The average Bonchev–Trinajstić information content (AvgIpc) is 2.14. The molecule has 0 aromatic carbocycles. The first kappa shape index (κ1) is 9.01. The van der Waals surface area contributed by atoms with Crippen LogP contribution in [0.3, 0.4) is 0 Å². The van der Waals surface area contributed by atoms with Gasteiger partial charge in [0, 0.05) is 12.0 Å². The fourth-order valence-electron chi connectivity index (χ4n) is 0.555. The molecule has 44 valence electrons. The number of rotatable bonds is 0. The molecular formula is C5H5NaO3. The third-order valence-corrected chi connectivity index (χ3v) is 1.01. The van der Waals surface area contributed by atoms with Crippen molar-refractivity contribution >= 4 is 5.97 Å². The molecule has 0 spiro atoms. The summed E-state index contributed by atoms with van der Waals surface area (Å²) in [6, 6.07) is 0. The zero-order valence-corrected chi connectivity index (χ0v) is 7.22. The molecule has 4 heteroatoms. The maximum Gasteiger partial charge on any atom is 1.00 e. The Bertz CT molecular complexity index is 141. The second kappa shape index (κ2) is 3.93. The van der Waals surface area contributed by atoms with Crippen molar-refractivity contribution in [3.63, 3.8) is 0 Å². The summed E-state index contributed by atoms with van der Waals surface area (Å²) in [5.74, 6) is -0.458. The predicted octanol–water partition coefficient (Wildman–Crippen LogP) is -3.82. The van der Waals surface area contributed by atoms with Crippen LogP contribution < -0.4 is 34.7 Å². The van der Waals surface area contributed by atoms with Gasteiger partial charge in [-0.05, 0) is 0 Å². The Labute approximate surface area is 75.0 Å². The number of carbonyl (C=O) groups is 1. The Balaban J connectivity index is 0.000000640. The van der Waals surface area contributed by atoms with Crippen molar-refractivity contribution in [1.82, 2.24) is 0 Å². The van der Waals surface area contributed by atoms with Gasteiger partial charge in [-0.25, -0.2) is 4.79 Å². The van der Waals surface area contributed by atoms with E-state index in [0.717, 1.165) is 0 Å². The Morgan fingerprint density at radius 2 is 2.33 bits per heavy atom. The van der Waals surface area contributed by atoms with Crippen molar-refractivity contribution in [1.29, 1.82) is 0 Å². The zero-order valence-electron chi connectivity index (χ0n) is 5.22. The predicted molar refractivity (Wildman–Crippen MR) is 23.7 cm³/mol. The maximum atomic E-state index is 10.3. The second-order valence-corrected chi connectivity index (χ2v) is 1.53. The molecule has 0 amide bonds. The Kier molecular flexibility index (Phi) is 3.93. The Morgan fingerprint density at radius 3 is 2.56 bits per heavy atom. The molecule has 1 heterocycles. The van der Waals surface area contributed by atoms with Gasteiger partial charge in [-0.3, -0.25) is 0 Å². The minimum Gasteiger partial charge on any atom is -0.878 e. The van der Waals surface area contributed by atoms with Gasteiger partial charge in [-0.15, -0.1) is 6.26 Å². The smallest absolute Gasteiger partial charge is 0.878 e. The molecule has 0 aromatic rings. The van der Waals surface area contributed by atoms with Crippen LogP contribution in [-0.2, 0) is 9.53 Å². The summed E-state index contributed by atoms with van der Waals surface area (Å²) in [5, 5.41) is 9.88. The first-order valence-corrected chi connectivity index (χ1v) is 2.32. The van der Waals surface area contributed by atoms with Crippen molar-refractivity contribution in [3.8, 4) is 0 Å². The minimum absolute atomic E-state index is 0. The number of carbonyl (C=O) groups excluding carboxylic acids is 1. The van der Waals surface area contributed by atoms with Crippen LogP contribution >= 0.6 is 0 Å². The van der Waals surface area contributed by atoms with Crippen LogP contribution in [0.4, 0.5) is 0 Å². The van der Waals surface area contributed by atoms with Gasteiger partial charge in [-0.1, -0.05) is 0 Å². The SMILES string of the molecule is O=C1OCC/C1=C\[O-].[Na+]. The molecule has 1 aliphatic rings. The van der Waals surface area contributed by atoms with E-state index in [1.54, 1.807) is 0 Å². The second-order valence-electron chi connectivity index (χ2n) is 1.53. The summed E-state index contributed by atoms with van der Waals surface area (Å²) in [7, 11) is 0. The van der Waals surface area contributed by atoms with Gasteiger partial charge in [0.05, 0.1) is 6.61 Å². The summed E-state index contributed by atoms with van der Waals surface area (Å²) in [6.07, 6.45) is 1.03. The molecule has 9 heavy (non-hydrogen) atoms. The van der Waals surface area contributed by atoms with Crippen LogP contribution in [0, 0.1) is 0 Å². The fourth-order valence-corrected chi connectivity index (χ4v) is 0.555. The van der Waals surface area contributed by atoms with Crippen LogP contribution in [0.5, 0.6) is 0 Å². The minimum atomic E-state index is -0.458. The quantitative estimate of drug-likeness (QED) is 0.148. The van der Waals surface area contributed by atoms with Gasteiger partial charge in [0.15, 0.2) is 0 Å². The number of cyclic esters (lactones) is 1.